The molecule has 2 aliphatic rings. The van der Waals surface area contributed by atoms with Crippen LogP contribution in [0.5, 0.6) is 0 Å². The van der Waals surface area contributed by atoms with Crippen LogP contribution in [0.15, 0.2) is 24.3 Å². The highest BCUT2D eigenvalue weighted by molar-refractivity contribution is 6.01. The van der Waals surface area contributed by atoms with Crippen molar-refractivity contribution >= 4 is 17.6 Å². The molecule has 0 saturated carbocycles. The molecule has 1 aliphatic heterocycles. The third kappa shape index (κ3) is 3.89. The van der Waals surface area contributed by atoms with E-state index in [4.69, 9.17) is 0 Å². The fourth-order valence-electron chi connectivity index (χ4n) is 3.18. The molecule has 1 heterocycles. The molecule has 23 heavy (non-hydrogen) atoms. The first-order valence-electron chi connectivity index (χ1n) is 8.07. The van der Waals surface area contributed by atoms with E-state index in [0.29, 0.717) is 13.0 Å². The van der Waals surface area contributed by atoms with Crippen molar-refractivity contribution in [2.24, 2.45) is 11.3 Å². The summed E-state index contributed by atoms with van der Waals surface area (Å²) in [7, 11) is 0. The molecule has 0 aromatic heterocycles. The average molecular weight is 318 g/mol. The number of allylic oxidation sites excluding steroid dienone is 2. The van der Waals surface area contributed by atoms with Crippen molar-refractivity contribution in [1.29, 1.82) is 0 Å². The van der Waals surface area contributed by atoms with Crippen LogP contribution in [0.2, 0.25) is 0 Å². The molecule has 2 amide bonds. The van der Waals surface area contributed by atoms with Gasteiger partial charge in [-0.2, -0.15) is 0 Å². The minimum absolute atomic E-state index is 0.00892. The van der Waals surface area contributed by atoms with Crippen molar-refractivity contribution < 1.29 is 14.4 Å². The smallest absolute Gasteiger partial charge is 0.243 e. The summed E-state index contributed by atoms with van der Waals surface area (Å²) in [5.41, 5.74) is -0.804. The summed E-state index contributed by atoms with van der Waals surface area (Å²) in [5.74, 6) is -0.226. The Morgan fingerprint density at radius 2 is 1.78 bits per heavy atom. The summed E-state index contributed by atoms with van der Waals surface area (Å²) in [5, 5.41) is 2.97. The molecule has 0 radical (unpaired) electrons. The summed E-state index contributed by atoms with van der Waals surface area (Å²) >= 11 is 0. The Hall–Kier alpha value is -1.91. The highest BCUT2D eigenvalue weighted by Crippen LogP contribution is 2.38. The van der Waals surface area contributed by atoms with Crippen LogP contribution < -0.4 is 5.32 Å². The van der Waals surface area contributed by atoms with Gasteiger partial charge < -0.3 is 10.2 Å². The monoisotopic (exact) mass is 318 g/mol. The van der Waals surface area contributed by atoms with E-state index < -0.39 is 11.5 Å². The number of hydrogen-bond donors (Lipinski definition) is 1. The molecule has 1 fully saturated rings. The predicted molar refractivity (Wildman–Crippen MR) is 88.6 cm³/mol. The molecule has 1 saturated heterocycles. The van der Waals surface area contributed by atoms with E-state index in [9.17, 15) is 14.4 Å². The van der Waals surface area contributed by atoms with E-state index in [1.54, 1.807) is 17.1 Å². The van der Waals surface area contributed by atoms with E-state index in [0.717, 1.165) is 0 Å². The lowest BCUT2D eigenvalue weighted by Crippen LogP contribution is -2.55. The van der Waals surface area contributed by atoms with Crippen molar-refractivity contribution in [3.05, 3.63) is 24.3 Å². The van der Waals surface area contributed by atoms with Crippen molar-refractivity contribution in [1.82, 2.24) is 10.2 Å². The Bertz CT molecular complexity index is 566. The predicted octanol–water partition coefficient (Wildman–Crippen LogP) is 1.84. The zero-order valence-corrected chi connectivity index (χ0v) is 14.6. The minimum atomic E-state index is -0.500. The van der Waals surface area contributed by atoms with Gasteiger partial charge in [0.2, 0.25) is 11.8 Å². The van der Waals surface area contributed by atoms with Gasteiger partial charge in [-0.1, -0.05) is 26.0 Å². The number of carbonyl (C=O) groups is 3. The first kappa shape index (κ1) is 17.4. The Kier molecular flexibility index (Phi) is 4.51. The summed E-state index contributed by atoms with van der Waals surface area (Å²) in [6.45, 7) is 10.1. The lowest BCUT2D eigenvalue weighted by molar-refractivity contribution is -0.139. The van der Waals surface area contributed by atoms with Gasteiger partial charge in [-0.3, -0.25) is 14.4 Å². The fraction of sp³-hybridized carbons (Fsp3) is 0.611. The second-order valence-corrected chi connectivity index (χ2v) is 7.93. The number of nitrogens with zero attached hydrogens (tertiary/aromatic N) is 1. The van der Waals surface area contributed by atoms with Gasteiger partial charge in [-0.25, -0.2) is 0 Å². The van der Waals surface area contributed by atoms with Gasteiger partial charge in [0.25, 0.3) is 0 Å². The van der Waals surface area contributed by atoms with Crippen LogP contribution in [0.1, 0.15) is 41.0 Å². The van der Waals surface area contributed by atoms with E-state index in [2.05, 4.69) is 5.32 Å². The summed E-state index contributed by atoms with van der Waals surface area (Å²) in [6.07, 6.45) is 6.92. The number of carbonyl (C=O) groups excluding carboxylic acids is 3. The zero-order chi connectivity index (χ0) is 17.4. The molecule has 2 rings (SSSR count). The standard InChI is InChI=1S/C18H26N2O3/c1-12(2)15(16(23)19-17(3,4)5)20-11-18(10-14(20)22)8-6-13(21)7-9-18/h6-9,12,15H,10-11H2,1-5H3,(H,19,23). The SMILES string of the molecule is CC(C)C(C(=O)NC(C)(C)C)N1CC2(C=CC(=O)C=C2)CC1=O. The third-order valence-electron chi connectivity index (χ3n) is 4.16. The number of amides is 2. The number of hydrogen-bond acceptors (Lipinski definition) is 3. The Labute approximate surface area is 137 Å². The van der Waals surface area contributed by atoms with Gasteiger partial charge in [0.1, 0.15) is 6.04 Å². The topological polar surface area (TPSA) is 66.5 Å². The van der Waals surface area contributed by atoms with Gasteiger partial charge in [-0.05, 0) is 38.8 Å². The summed E-state index contributed by atoms with van der Waals surface area (Å²) < 4.78 is 0. The van der Waals surface area contributed by atoms with E-state index in [1.807, 2.05) is 34.6 Å². The van der Waals surface area contributed by atoms with Crippen LogP contribution in [0.25, 0.3) is 0 Å². The first-order chi connectivity index (χ1) is 10.5. The molecule has 1 atom stereocenters. The highest BCUT2D eigenvalue weighted by Gasteiger charge is 2.46. The van der Waals surface area contributed by atoms with Crippen molar-refractivity contribution in [2.75, 3.05) is 6.54 Å². The lowest BCUT2D eigenvalue weighted by atomic mass is 9.83. The van der Waals surface area contributed by atoms with Gasteiger partial charge in [0, 0.05) is 23.9 Å². The number of ketones is 1. The number of rotatable bonds is 3. The van der Waals surface area contributed by atoms with Crippen LogP contribution in [-0.4, -0.2) is 40.6 Å². The molecular formula is C18H26N2O3. The minimum Gasteiger partial charge on any atom is -0.350 e. The van der Waals surface area contributed by atoms with Crippen molar-refractivity contribution in [3.8, 4) is 0 Å². The average Bonchev–Trinajstić information content (AvgIpc) is 2.68. The normalized spacial score (nSPS) is 21.4. The second kappa shape index (κ2) is 5.95. The van der Waals surface area contributed by atoms with E-state index in [1.165, 1.54) is 12.2 Å². The number of likely N-dealkylation sites (tertiary alicyclic amines) is 1. The third-order valence-corrected chi connectivity index (χ3v) is 4.16. The van der Waals surface area contributed by atoms with Gasteiger partial charge in [0.05, 0.1) is 0 Å². The molecule has 0 aromatic rings. The van der Waals surface area contributed by atoms with Crippen LogP contribution in [-0.2, 0) is 14.4 Å². The molecule has 1 spiro atoms. The summed E-state index contributed by atoms with van der Waals surface area (Å²) in [4.78, 5) is 38.2. The highest BCUT2D eigenvalue weighted by atomic mass is 16.2. The van der Waals surface area contributed by atoms with Gasteiger partial charge >= 0.3 is 0 Å². The lowest BCUT2D eigenvalue weighted by Gasteiger charge is -2.34. The molecule has 1 unspecified atom stereocenters. The van der Waals surface area contributed by atoms with Crippen LogP contribution in [0, 0.1) is 11.3 Å². The fourth-order valence-corrected chi connectivity index (χ4v) is 3.18. The quantitative estimate of drug-likeness (QED) is 0.863. The van der Waals surface area contributed by atoms with E-state index >= 15 is 0 Å². The molecule has 126 valence electrons. The number of nitrogens with one attached hydrogen (secondary N) is 1. The Morgan fingerprint density at radius 1 is 1.22 bits per heavy atom. The van der Waals surface area contributed by atoms with Crippen molar-refractivity contribution in [2.45, 2.75) is 52.6 Å². The molecule has 1 N–H and O–H groups in total. The maximum Gasteiger partial charge on any atom is 0.243 e. The zero-order valence-electron chi connectivity index (χ0n) is 14.6. The van der Waals surface area contributed by atoms with Crippen LogP contribution in [0.4, 0.5) is 0 Å². The largest absolute Gasteiger partial charge is 0.350 e. The molecular weight excluding hydrogens is 292 g/mol. The molecule has 0 aromatic carbocycles. The molecule has 5 nitrogen and oxygen atoms in total. The van der Waals surface area contributed by atoms with Crippen molar-refractivity contribution in [3.63, 3.8) is 0 Å². The van der Waals surface area contributed by atoms with Gasteiger partial charge in [-0.15, -0.1) is 0 Å². The Morgan fingerprint density at radius 3 is 2.26 bits per heavy atom. The maximum atomic E-state index is 12.7. The molecule has 1 aliphatic carbocycles. The second-order valence-electron chi connectivity index (χ2n) is 7.93. The molecule has 5 heteroatoms. The maximum absolute atomic E-state index is 12.7. The van der Waals surface area contributed by atoms with Crippen LogP contribution >= 0.6 is 0 Å². The van der Waals surface area contributed by atoms with E-state index in [-0.39, 0.29) is 29.1 Å². The summed E-state index contributed by atoms with van der Waals surface area (Å²) in [6, 6.07) is -0.500. The van der Waals surface area contributed by atoms with Gasteiger partial charge in [0.15, 0.2) is 5.78 Å². The van der Waals surface area contributed by atoms with Crippen LogP contribution in [0.3, 0.4) is 0 Å². The first-order valence-corrected chi connectivity index (χ1v) is 8.07. The molecule has 0 bridgehead atoms. The Balaban J connectivity index is 2.22.